The number of aliphatic hydroxyl groups excluding tert-OH is 1. The summed E-state index contributed by atoms with van der Waals surface area (Å²) in [7, 11) is 0. The lowest BCUT2D eigenvalue weighted by Gasteiger charge is -2.42. The van der Waals surface area contributed by atoms with E-state index in [0.29, 0.717) is 12.8 Å². The minimum absolute atomic E-state index is 0.130. The Balaban J connectivity index is 1.32. The number of Topliss-reactive ketones (excluding diaryl/α,β-unsaturated/α-hetero) is 1. The van der Waals surface area contributed by atoms with Gasteiger partial charge in [0.25, 0.3) is 0 Å². The summed E-state index contributed by atoms with van der Waals surface area (Å²) in [6.45, 7) is 8.94. The van der Waals surface area contributed by atoms with E-state index in [0.717, 1.165) is 61.2 Å². The minimum Gasteiger partial charge on any atom is -0.389 e. The maximum absolute atomic E-state index is 12.5. The Morgan fingerprint density at radius 3 is 1.97 bits per heavy atom. The summed E-state index contributed by atoms with van der Waals surface area (Å²) in [6, 6.07) is 20.1. The molecule has 4 heteroatoms. The van der Waals surface area contributed by atoms with Gasteiger partial charge in [-0.3, -0.25) is 4.79 Å². The number of nitrogens with zero attached hydrogens (tertiary/aromatic N) is 1. The Hall–Kier alpha value is -2.53. The summed E-state index contributed by atoms with van der Waals surface area (Å²) in [4.78, 5) is 15.0. The molecule has 0 saturated carbocycles. The lowest BCUT2D eigenvalue weighted by atomic mass is 9.72. The average Bonchev–Trinajstić information content (AvgIpc) is 2.89. The van der Waals surface area contributed by atoms with Crippen molar-refractivity contribution in [2.75, 3.05) is 19.6 Å². The zero-order chi connectivity index (χ0) is 25.8. The summed E-state index contributed by atoms with van der Waals surface area (Å²) in [5.41, 5.74) is 2.43. The molecule has 36 heavy (non-hydrogen) atoms. The number of ketones is 1. The Bertz CT molecular complexity index is 1030. The maximum atomic E-state index is 12.5. The van der Waals surface area contributed by atoms with Crippen molar-refractivity contribution in [2.24, 2.45) is 11.3 Å². The molecule has 192 valence electrons. The first-order valence-corrected chi connectivity index (χ1v) is 13.4. The van der Waals surface area contributed by atoms with Crippen LogP contribution < -0.4 is 0 Å². The van der Waals surface area contributed by atoms with Crippen LogP contribution in [-0.2, 0) is 10.4 Å². The molecule has 2 aromatic rings. The maximum Gasteiger partial charge on any atom is 0.163 e. The molecule has 0 bridgehead atoms. The molecule has 1 atom stereocenters. The van der Waals surface area contributed by atoms with Gasteiger partial charge in [-0.2, -0.15) is 0 Å². The molecule has 2 aromatic carbocycles. The van der Waals surface area contributed by atoms with Crippen molar-refractivity contribution < 1.29 is 15.0 Å². The second-order valence-corrected chi connectivity index (χ2v) is 11.4. The Morgan fingerprint density at radius 1 is 0.917 bits per heavy atom. The third-order valence-electron chi connectivity index (χ3n) is 7.92. The van der Waals surface area contributed by atoms with Crippen molar-refractivity contribution in [3.8, 4) is 0 Å². The average molecular weight is 488 g/mol. The SMILES string of the molecule is CC(C)(C)C1=CC=C(C(O)CCCN2CCC(C(O)(c3ccccc3)c3ccccc3)CC2)CC1=O. The van der Waals surface area contributed by atoms with Gasteiger partial charge in [0.15, 0.2) is 5.78 Å². The number of benzene rings is 2. The number of rotatable bonds is 8. The molecule has 0 radical (unpaired) electrons. The molecular weight excluding hydrogens is 446 g/mol. The molecule has 1 aliphatic carbocycles. The fourth-order valence-electron chi connectivity index (χ4n) is 5.81. The monoisotopic (exact) mass is 487 g/mol. The van der Waals surface area contributed by atoms with E-state index in [1.807, 2.05) is 72.8 Å². The summed E-state index contributed by atoms with van der Waals surface area (Å²) >= 11 is 0. The number of hydrogen-bond acceptors (Lipinski definition) is 4. The van der Waals surface area contributed by atoms with Crippen LogP contribution in [0.25, 0.3) is 0 Å². The highest BCUT2D eigenvalue weighted by Gasteiger charge is 2.41. The lowest BCUT2D eigenvalue weighted by Crippen LogP contribution is -2.44. The standard InChI is InChI=1S/C32H41NO3/c1-31(2,3)28-17-16-24(23-30(28)35)29(34)15-10-20-33-21-18-27(19-22-33)32(36,25-11-6-4-7-12-25)26-13-8-5-9-14-26/h4-9,11-14,16-17,27,29,34,36H,10,15,18-23H2,1-3H3. The lowest BCUT2D eigenvalue weighted by molar-refractivity contribution is -0.116. The van der Waals surface area contributed by atoms with Gasteiger partial charge in [-0.15, -0.1) is 0 Å². The molecule has 1 unspecified atom stereocenters. The third kappa shape index (κ3) is 5.88. The van der Waals surface area contributed by atoms with E-state index >= 15 is 0 Å². The summed E-state index contributed by atoms with van der Waals surface area (Å²) in [6.07, 6.45) is 7.00. The number of piperidine rings is 1. The zero-order valence-electron chi connectivity index (χ0n) is 22.0. The number of aliphatic hydroxyl groups is 2. The third-order valence-corrected chi connectivity index (χ3v) is 7.92. The van der Waals surface area contributed by atoms with Gasteiger partial charge in [0, 0.05) is 12.0 Å². The number of carbonyl (C=O) groups is 1. The molecule has 1 aliphatic heterocycles. The number of carbonyl (C=O) groups excluding carboxylic acids is 1. The van der Waals surface area contributed by atoms with Crippen molar-refractivity contribution >= 4 is 5.78 Å². The van der Waals surface area contributed by atoms with Crippen LogP contribution in [0.5, 0.6) is 0 Å². The highest BCUT2D eigenvalue weighted by atomic mass is 16.3. The van der Waals surface area contributed by atoms with Crippen LogP contribution >= 0.6 is 0 Å². The van der Waals surface area contributed by atoms with Crippen molar-refractivity contribution in [3.05, 3.63) is 95.1 Å². The topological polar surface area (TPSA) is 60.8 Å². The molecule has 4 nitrogen and oxygen atoms in total. The first-order valence-electron chi connectivity index (χ1n) is 13.4. The molecule has 2 N–H and O–H groups in total. The van der Waals surface area contributed by atoms with Crippen LogP contribution in [0, 0.1) is 11.3 Å². The number of allylic oxidation sites excluding steroid dienone is 3. The zero-order valence-corrected chi connectivity index (χ0v) is 22.0. The predicted molar refractivity (Wildman–Crippen MR) is 146 cm³/mol. The van der Waals surface area contributed by atoms with E-state index < -0.39 is 11.7 Å². The molecule has 4 rings (SSSR count). The molecule has 0 amide bonds. The van der Waals surface area contributed by atoms with Gasteiger partial charge in [-0.25, -0.2) is 0 Å². The highest BCUT2D eigenvalue weighted by molar-refractivity contribution is 5.99. The number of likely N-dealkylation sites (tertiary alicyclic amines) is 1. The van der Waals surface area contributed by atoms with Gasteiger partial charge in [-0.05, 0) is 73.4 Å². The molecule has 0 spiro atoms. The van der Waals surface area contributed by atoms with Gasteiger partial charge in [0.1, 0.15) is 5.60 Å². The molecule has 1 fully saturated rings. The fourth-order valence-corrected chi connectivity index (χ4v) is 5.81. The van der Waals surface area contributed by atoms with Gasteiger partial charge in [0.05, 0.1) is 6.10 Å². The molecule has 2 aliphatic rings. The summed E-state index contributed by atoms with van der Waals surface area (Å²) in [5.74, 6) is 0.275. The van der Waals surface area contributed by atoms with E-state index in [1.54, 1.807) is 0 Å². The van der Waals surface area contributed by atoms with Crippen LogP contribution in [0.4, 0.5) is 0 Å². The van der Waals surface area contributed by atoms with Crippen LogP contribution in [0.1, 0.15) is 64.0 Å². The minimum atomic E-state index is -0.996. The van der Waals surface area contributed by atoms with Crippen molar-refractivity contribution in [1.82, 2.24) is 4.90 Å². The van der Waals surface area contributed by atoms with Gasteiger partial charge < -0.3 is 15.1 Å². The van der Waals surface area contributed by atoms with Gasteiger partial charge >= 0.3 is 0 Å². The van der Waals surface area contributed by atoms with E-state index in [1.165, 1.54) is 0 Å². The van der Waals surface area contributed by atoms with Crippen molar-refractivity contribution in [3.63, 3.8) is 0 Å². The van der Waals surface area contributed by atoms with Crippen molar-refractivity contribution in [1.29, 1.82) is 0 Å². The first kappa shape index (κ1) is 26.5. The predicted octanol–water partition coefficient (Wildman–Crippen LogP) is 5.65. The fraction of sp³-hybridized carbons (Fsp3) is 0.469. The molecule has 1 heterocycles. The Labute approximate surface area is 216 Å². The normalized spacial score (nSPS) is 19.1. The largest absolute Gasteiger partial charge is 0.389 e. The van der Waals surface area contributed by atoms with E-state index in [-0.39, 0.29) is 17.1 Å². The van der Waals surface area contributed by atoms with E-state index in [4.69, 9.17) is 0 Å². The number of hydrogen-bond donors (Lipinski definition) is 2. The van der Waals surface area contributed by atoms with Gasteiger partial charge in [-0.1, -0.05) is 93.6 Å². The van der Waals surface area contributed by atoms with Crippen molar-refractivity contribution in [2.45, 2.75) is 64.6 Å². The Kier molecular flexibility index (Phi) is 8.29. The Morgan fingerprint density at radius 2 is 1.47 bits per heavy atom. The smallest absolute Gasteiger partial charge is 0.163 e. The molecule has 0 aromatic heterocycles. The van der Waals surface area contributed by atoms with Crippen LogP contribution in [-0.4, -0.2) is 46.6 Å². The van der Waals surface area contributed by atoms with Gasteiger partial charge in [0.2, 0.25) is 0 Å². The molecular formula is C32H41NO3. The molecule has 1 saturated heterocycles. The quantitative estimate of drug-likeness (QED) is 0.505. The highest BCUT2D eigenvalue weighted by Crippen LogP contribution is 2.42. The van der Waals surface area contributed by atoms with Crippen LogP contribution in [0.2, 0.25) is 0 Å². The summed E-state index contributed by atoms with van der Waals surface area (Å²) < 4.78 is 0. The summed E-state index contributed by atoms with van der Waals surface area (Å²) in [5, 5.41) is 22.8. The van der Waals surface area contributed by atoms with Crippen LogP contribution in [0.3, 0.4) is 0 Å². The van der Waals surface area contributed by atoms with E-state index in [9.17, 15) is 15.0 Å². The second kappa shape index (κ2) is 11.2. The van der Waals surface area contributed by atoms with Crippen LogP contribution in [0.15, 0.2) is 84.0 Å². The second-order valence-electron chi connectivity index (χ2n) is 11.4. The van der Waals surface area contributed by atoms with E-state index in [2.05, 4.69) is 25.7 Å². The first-order chi connectivity index (χ1) is 17.2.